The molecule has 3 aromatic heterocycles. The maximum absolute atomic E-state index is 13.2. The van der Waals surface area contributed by atoms with Crippen molar-refractivity contribution >= 4 is 49.5 Å². The van der Waals surface area contributed by atoms with E-state index in [9.17, 15) is 17.6 Å². The third-order valence-corrected chi connectivity index (χ3v) is 10.1. The second-order valence-corrected chi connectivity index (χ2v) is 13.2. The summed E-state index contributed by atoms with van der Waals surface area (Å²) in [5.41, 5.74) is 4.63. The van der Waals surface area contributed by atoms with Gasteiger partial charge in [-0.15, -0.1) is 11.3 Å². The highest BCUT2D eigenvalue weighted by molar-refractivity contribution is 7.89. The second-order valence-electron chi connectivity index (χ2n) is 10.3. The topological polar surface area (TPSA) is 97.1 Å². The molecule has 0 atom stereocenters. The summed E-state index contributed by atoms with van der Waals surface area (Å²) in [7, 11) is -1.41. The summed E-state index contributed by atoms with van der Waals surface area (Å²) in [5, 5.41) is 2.78. The molecule has 0 aliphatic carbocycles. The van der Waals surface area contributed by atoms with Crippen LogP contribution in [-0.2, 0) is 26.0 Å². The van der Waals surface area contributed by atoms with Gasteiger partial charge in [0.15, 0.2) is 5.13 Å². The largest absolute Gasteiger partial charge is 0.466 e. The van der Waals surface area contributed by atoms with Crippen molar-refractivity contribution in [3.05, 3.63) is 58.6 Å². The number of aryl methyl sites for hydroxylation is 1. The molecule has 41 heavy (non-hydrogen) atoms. The van der Waals surface area contributed by atoms with Gasteiger partial charge in [0.1, 0.15) is 11.5 Å². The average molecular weight is 604 g/mol. The predicted octanol–water partition coefficient (Wildman–Crippen LogP) is 5.86. The molecule has 9 nitrogen and oxygen atoms in total. The molecule has 0 N–H and O–H groups in total. The number of anilines is 2. The molecule has 1 fully saturated rings. The van der Waals surface area contributed by atoms with Gasteiger partial charge in [-0.25, -0.2) is 27.1 Å². The number of carbonyl (C=O) groups is 1. The highest BCUT2D eigenvalue weighted by Crippen LogP contribution is 2.35. The monoisotopic (exact) mass is 603 g/mol. The Hall–Kier alpha value is -3.09. The molecule has 3 aromatic rings. The predicted molar refractivity (Wildman–Crippen MR) is 162 cm³/mol. The first-order valence-electron chi connectivity index (χ1n) is 13.8. The lowest BCUT2D eigenvalue weighted by Crippen LogP contribution is -2.39. The van der Waals surface area contributed by atoms with Crippen LogP contribution in [0.3, 0.4) is 0 Å². The third kappa shape index (κ3) is 7.41. The van der Waals surface area contributed by atoms with Crippen LogP contribution in [0.1, 0.15) is 69.8 Å². The second kappa shape index (κ2) is 13.3. The molecule has 0 spiro atoms. The van der Waals surface area contributed by atoms with Crippen LogP contribution in [0.4, 0.5) is 15.3 Å². The lowest BCUT2D eigenvalue weighted by atomic mass is 9.91. The molecule has 4 heterocycles. The minimum atomic E-state index is -3.39. The minimum Gasteiger partial charge on any atom is -0.466 e. The van der Waals surface area contributed by atoms with Gasteiger partial charge >= 0.3 is 5.97 Å². The van der Waals surface area contributed by atoms with E-state index in [0.29, 0.717) is 19.5 Å². The highest BCUT2D eigenvalue weighted by atomic mass is 32.2. The number of hydrogen-bond donors (Lipinski definition) is 0. The Labute approximate surface area is 245 Å². The first-order chi connectivity index (χ1) is 19.5. The number of allylic oxidation sites excluding steroid dienone is 4. The maximum Gasteiger partial charge on any atom is 0.302 e. The average Bonchev–Trinajstić information content (AvgIpc) is 3.59. The van der Waals surface area contributed by atoms with Gasteiger partial charge in [0.05, 0.1) is 29.6 Å². The van der Waals surface area contributed by atoms with Gasteiger partial charge in [-0.3, -0.25) is 9.20 Å². The number of thiazole rings is 1. The zero-order chi connectivity index (χ0) is 29.7. The standard InChI is InChI=1S/C29H38FN5O4S2/c1-6-25-28(33(5)29-32-26(19-40-29)20(2)8-9-21(3)30)35-18-24(10-11-27(35)31-25)23-12-14-34(15-13-23)41(37,38)17-7-16-39-22(4)36/h8-11,18-19,23H,6-7,12-17H2,1-5H3/b20-8+,21-9+. The van der Waals surface area contributed by atoms with Crippen molar-refractivity contribution in [1.82, 2.24) is 18.7 Å². The van der Waals surface area contributed by atoms with Gasteiger partial charge in [0, 0.05) is 38.6 Å². The zero-order valence-electron chi connectivity index (χ0n) is 24.3. The summed E-state index contributed by atoms with van der Waals surface area (Å²) < 4.78 is 47.3. The van der Waals surface area contributed by atoms with Gasteiger partial charge in [-0.1, -0.05) is 19.1 Å². The van der Waals surface area contributed by atoms with Crippen molar-refractivity contribution < 1.29 is 22.3 Å². The van der Waals surface area contributed by atoms with E-state index >= 15 is 0 Å². The third-order valence-electron chi connectivity index (χ3n) is 7.25. The smallest absolute Gasteiger partial charge is 0.302 e. The van der Waals surface area contributed by atoms with Crippen LogP contribution in [0.5, 0.6) is 0 Å². The Kier molecular flexibility index (Phi) is 9.98. The normalized spacial score (nSPS) is 16.0. The van der Waals surface area contributed by atoms with Gasteiger partial charge in [0.2, 0.25) is 10.0 Å². The van der Waals surface area contributed by atoms with Crippen molar-refractivity contribution in [2.45, 2.75) is 59.3 Å². The molecule has 1 aliphatic heterocycles. The number of nitrogens with zero attached hydrogens (tertiary/aromatic N) is 5. The van der Waals surface area contributed by atoms with Crippen molar-refractivity contribution in [3.63, 3.8) is 0 Å². The van der Waals surface area contributed by atoms with E-state index in [1.165, 1.54) is 31.3 Å². The molecule has 0 unspecified atom stereocenters. The first-order valence-corrected chi connectivity index (χ1v) is 16.3. The van der Waals surface area contributed by atoms with Crippen LogP contribution in [0, 0.1) is 0 Å². The van der Waals surface area contributed by atoms with Crippen LogP contribution in [0.2, 0.25) is 0 Å². The minimum absolute atomic E-state index is 0.0264. The number of piperidine rings is 1. The fourth-order valence-electron chi connectivity index (χ4n) is 5.00. The Morgan fingerprint density at radius 3 is 2.59 bits per heavy atom. The van der Waals surface area contributed by atoms with Crippen molar-refractivity contribution in [1.29, 1.82) is 0 Å². The fourth-order valence-corrected chi connectivity index (χ4v) is 7.36. The highest BCUT2D eigenvalue weighted by Gasteiger charge is 2.29. The van der Waals surface area contributed by atoms with Crippen LogP contribution in [0.25, 0.3) is 11.2 Å². The number of ether oxygens (including phenoxy) is 1. The number of aromatic nitrogens is 3. The Bertz CT molecular complexity index is 1550. The summed E-state index contributed by atoms with van der Waals surface area (Å²) >= 11 is 1.52. The van der Waals surface area contributed by atoms with Gasteiger partial charge in [-0.05, 0) is 68.7 Å². The first kappa shape index (κ1) is 30.9. The molecule has 0 radical (unpaired) electrons. The lowest BCUT2D eigenvalue weighted by Gasteiger charge is -2.31. The van der Waals surface area contributed by atoms with E-state index in [1.807, 2.05) is 30.3 Å². The van der Waals surface area contributed by atoms with E-state index in [4.69, 9.17) is 14.7 Å². The SMILES string of the molecule is CCc1nc2ccc(C3CCN(S(=O)(=O)CCCOC(C)=O)CC3)cn2c1N(C)c1nc(/C(C)=C/C=C(\C)F)cs1. The summed E-state index contributed by atoms with van der Waals surface area (Å²) in [4.78, 5) is 22.6. The number of fused-ring (bicyclic) bond motifs is 1. The number of hydrogen-bond acceptors (Lipinski definition) is 8. The Morgan fingerprint density at radius 2 is 1.93 bits per heavy atom. The summed E-state index contributed by atoms with van der Waals surface area (Å²) in [6, 6.07) is 4.12. The Morgan fingerprint density at radius 1 is 1.20 bits per heavy atom. The van der Waals surface area contributed by atoms with Crippen LogP contribution >= 0.6 is 11.3 Å². The molecule has 222 valence electrons. The molecule has 0 aromatic carbocycles. The number of rotatable bonds is 11. The van der Waals surface area contributed by atoms with Crippen molar-refractivity contribution in [2.24, 2.45) is 0 Å². The molecule has 1 saturated heterocycles. The lowest BCUT2D eigenvalue weighted by molar-refractivity contribution is -0.140. The summed E-state index contributed by atoms with van der Waals surface area (Å²) in [6.07, 6.45) is 7.78. The van der Waals surface area contributed by atoms with Crippen molar-refractivity contribution in [3.8, 4) is 0 Å². The van der Waals surface area contributed by atoms with E-state index in [2.05, 4.69) is 23.6 Å². The molecular weight excluding hydrogens is 565 g/mol. The van der Waals surface area contributed by atoms with Crippen LogP contribution in [0.15, 0.2) is 41.7 Å². The number of carbonyl (C=O) groups excluding carboxylic acids is 1. The summed E-state index contributed by atoms with van der Waals surface area (Å²) in [6.45, 7) is 7.75. The molecule has 1 aliphatic rings. The number of pyridine rings is 1. The molecule has 12 heteroatoms. The number of esters is 1. The number of imidazole rings is 1. The quantitative estimate of drug-likeness (QED) is 0.154. The van der Waals surface area contributed by atoms with Crippen LogP contribution < -0.4 is 4.90 Å². The number of halogens is 1. The molecule has 4 rings (SSSR count). The maximum atomic E-state index is 13.2. The number of sulfonamides is 1. The molecular formula is C29H38FN5O4S2. The van der Waals surface area contributed by atoms with E-state index in [-0.39, 0.29) is 24.1 Å². The molecule has 0 saturated carbocycles. The van der Waals surface area contributed by atoms with E-state index in [0.717, 1.165) is 58.4 Å². The van der Waals surface area contributed by atoms with Gasteiger partial charge in [0.25, 0.3) is 0 Å². The Balaban J connectivity index is 1.51. The van der Waals surface area contributed by atoms with E-state index in [1.54, 1.807) is 10.4 Å². The molecule has 0 amide bonds. The molecule has 0 bridgehead atoms. The van der Waals surface area contributed by atoms with Gasteiger partial charge < -0.3 is 9.64 Å². The van der Waals surface area contributed by atoms with Crippen molar-refractivity contribution in [2.75, 3.05) is 37.4 Å². The van der Waals surface area contributed by atoms with E-state index < -0.39 is 16.0 Å². The van der Waals surface area contributed by atoms with Crippen LogP contribution in [-0.4, -0.2) is 65.6 Å². The zero-order valence-corrected chi connectivity index (χ0v) is 25.9. The fraction of sp³-hybridized carbons (Fsp3) is 0.483. The van der Waals surface area contributed by atoms with Gasteiger partial charge in [-0.2, -0.15) is 0 Å². The summed E-state index contributed by atoms with van der Waals surface area (Å²) in [5.74, 6) is 0.485.